The molecule has 0 spiro atoms. The third-order valence-electron chi connectivity index (χ3n) is 1.52. The molecule has 0 N–H and O–H groups in total. The van der Waals surface area contributed by atoms with Gasteiger partial charge in [-0.1, -0.05) is 46.6 Å². The lowest BCUT2D eigenvalue weighted by Gasteiger charge is -1.92. The summed E-state index contributed by atoms with van der Waals surface area (Å²) in [7, 11) is 0. The smallest absolute Gasteiger partial charge is 0.145 e. The number of allylic oxidation sites excluding steroid dienone is 2. The average molecular weight is 169 g/mol. The largest absolute Gasteiger partial charge is 0.298 e. The van der Waals surface area contributed by atoms with Gasteiger partial charge in [0.1, 0.15) is 6.29 Å². The number of hydrogen-bond acceptors (Lipinski definition) is 1. The highest BCUT2D eigenvalue weighted by Gasteiger charge is 1.88. The highest BCUT2D eigenvalue weighted by Crippen LogP contribution is 2.01. The minimum Gasteiger partial charge on any atom is -0.298 e. The molecule has 0 aliphatic rings. The van der Waals surface area contributed by atoms with Crippen molar-refractivity contribution in [3.63, 3.8) is 0 Å². The summed E-state index contributed by atoms with van der Waals surface area (Å²) in [5.41, 5.74) is 0.938. The fraction of sp³-hybridized carbons (Fsp3) is 0.636. The zero-order valence-electron chi connectivity index (χ0n) is 8.60. The number of hydrogen-bond donors (Lipinski definition) is 0. The summed E-state index contributed by atoms with van der Waals surface area (Å²) in [5, 5.41) is 0. The van der Waals surface area contributed by atoms with E-state index in [0.29, 0.717) is 0 Å². The Bertz CT molecular complexity index is 114. The molecule has 0 atom stereocenters. The van der Waals surface area contributed by atoms with Gasteiger partial charge in [-0.25, -0.2) is 0 Å². The molecule has 0 aromatic heterocycles. The molecule has 0 aliphatic carbocycles. The Labute approximate surface area is 76.9 Å². The predicted molar refractivity (Wildman–Crippen MR) is 55.0 cm³/mol. The van der Waals surface area contributed by atoms with E-state index in [4.69, 9.17) is 0 Å². The lowest BCUT2D eigenvalue weighted by Crippen LogP contribution is -1.81. The second kappa shape index (κ2) is 13.0. The second-order valence-corrected chi connectivity index (χ2v) is 2.39. The third-order valence-corrected chi connectivity index (χ3v) is 1.52. The molecule has 0 rings (SSSR count). The van der Waals surface area contributed by atoms with Crippen LogP contribution in [0.25, 0.3) is 0 Å². The second-order valence-electron chi connectivity index (χ2n) is 2.39. The number of rotatable bonds is 5. The fourth-order valence-electron chi connectivity index (χ4n) is 0.767. The van der Waals surface area contributed by atoms with Crippen molar-refractivity contribution in [2.24, 2.45) is 0 Å². The maximum absolute atomic E-state index is 10.3. The van der Waals surface area contributed by atoms with Gasteiger partial charge in [0.15, 0.2) is 0 Å². The van der Waals surface area contributed by atoms with Gasteiger partial charge in [-0.2, -0.15) is 0 Å². The molecule has 0 saturated carbocycles. The zero-order chi connectivity index (χ0) is 9.82. The molecule has 0 saturated heterocycles. The van der Waals surface area contributed by atoms with Crippen LogP contribution >= 0.6 is 0 Å². The molecule has 0 bridgehead atoms. The molecular formula is C11H21O. The van der Waals surface area contributed by atoms with Crippen molar-refractivity contribution in [1.29, 1.82) is 0 Å². The average Bonchev–Trinajstić information content (AvgIpc) is 2.16. The van der Waals surface area contributed by atoms with Crippen LogP contribution in [0.5, 0.6) is 0 Å². The summed E-state index contributed by atoms with van der Waals surface area (Å²) < 4.78 is 0. The van der Waals surface area contributed by atoms with Gasteiger partial charge < -0.3 is 0 Å². The van der Waals surface area contributed by atoms with Crippen molar-refractivity contribution in [3.8, 4) is 0 Å². The number of unbranched alkanes of at least 4 members (excludes halogenated alkanes) is 2. The van der Waals surface area contributed by atoms with Crippen LogP contribution in [0.4, 0.5) is 0 Å². The maximum atomic E-state index is 10.3. The van der Waals surface area contributed by atoms with Crippen LogP contribution in [0, 0.1) is 6.92 Å². The van der Waals surface area contributed by atoms with Crippen molar-refractivity contribution in [2.45, 2.75) is 46.5 Å². The van der Waals surface area contributed by atoms with Gasteiger partial charge in [0.25, 0.3) is 0 Å². The molecule has 0 amide bonds. The Balaban J connectivity index is 0. The Hall–Kier alpha value is -0.590. The summed E-state index contributed by atoms with van der Waals surface area (Å²) in [4.78, 5) is 10.3. The van der Waals surface area contributed by atoms with E-state index in [2.05, 4.69) is 13.8 Å². The molecule has 12 heavy (non-hydrogen) atoms. The first-order valence-corrected chi connectivity index (χ1v) is 4.70. The van der Waals surface area contributed by atoms with Crippen LogP contribution < -0.4 is 0 Å². The Morgan fingerprint density at radius 2 is 1.92 bits per heavy atom. The SMILES string of the molecule is CCCC/C=C(/C=O)CC.[CH2]C. The molecular weight excluding hydrogens is 148 g/mol. The van der Waals surface area contributed by atoms with Crippen LogP contribution in [-0.2, 0) is 4.79 Å². The number of aldehydes is 1. The lowest BCUT2D eigenvalue weighted by atomic mass is 10.1. The van der Waals surface area contributed by atoms with Crippen molar-refractivity contribution in [1.82, 2.24) is 0 Å². The molecule has 1 nitrogen and oxygen atoms in total. The van der Waals surface area contributed by atoms with Crippen molar-refractivity contribution >= 4 is 6.29 Å². The number of carbonyl (C=O) groups is 1. The summed E-state index contributed by atoms with van der Waals surface area (Å²) >= 11 is 0. The quantitative estimate of drug-likeness (QED) is 0.349. The molecule has 0 heterocycles. The van der Waals surface area contributed by atoms with Crippen molar-refractivity contribution in [3.05, 3.63) is 18.6 Å². The van der Waals surface area contributed by atoms with Gasteiger partial charge in [0.05, 0.1) is 0 Å². The third kappa shape index (κ3) is 9.41. The van der Waals surface area contributed by atoms with Crippen molar-refractivity contribution < 1.29 is 4.79 Å². The Morgan fingerprint density at radius 3 is 2.25 bits per heavy atom. The van der Waals surface area contributed by atoms with E-state index in [0.717, 1.165) is 24.7 Å². The topological polar surface area (TPSA) is 17.1 Å². The van der Waals surface area contributed by atoms with Gasteiger partial charge in [0, 0.05) is 0 Å². The van der Waals surface area contributed by atoms with Crippen LogP contribution in [-0.4, -0.2) is 6.29 Å². The molecule has 0 aromatic rings. The maximum Gasteiger partial charge on any atom is 0.145 e. The van der Waals surface area contributed by atoms with Crippen LogP contribution in [0.3, 0.4) is 0 Å². The van der Waals surface area contributed by atoms with E-state index >= 15 is 0 Å². The van der Waals surface area contributed by atoms with E-state index in [9.17, 15) is 4.79 Å². The molecule has 0 unspecified atom stereocenters. The molecule has 1 radical (unpaired) electrons. The standard InChI is InChI=1S/C9H16O.C2H5/c1-3-5-6-7-9(4-2)8-10;1-2/h7-8H,3-6H2,1-2H3;1H2,2H3/b9-7+;. The molecule has 71 valence electrons. The first-order chi connectivity index (χ1) is 5.85. The minimum absolute atomic E-state index is 0.868. The van der Waals surface area contributed by atoms with E-state index in [-0.39, 0.29) is 0 Å². The van der Waals surface area contributed by atoms with Gasteiger partial charge in [-0.3, -0.25) is 4.79 Å². The van der Waals surface area contributed by atoms with E-state index in [1.54, 1.807) is 6.92 Å². The molecule has 0 aliphatic heterocycles. The zero-order valence-corrected chi connectivity index (χ0v) is 8.60. The summed E-state index contributed by atoms with van der Waals surface area (Å²) in [5.74, 6) is 0. The molecule has 0 fully saturated rings. The monoisotopic (exact) mass is 169 g/mol. The van der Waals surface area contributed by atoms with E-state index < -0.39 is 0 Å². The summed E-state index contributed by atoms with van der Waals surface area (Å²) in [6.45, 7) is 9.16. The fourth-order valence-corrected chi connectivity index (χ4v) is 0.767. The minimum atomic E-state index is 0.868. The van der Waals surface area contributed by atoms with Gasteiger partial charge >= 0.3 is 0 Å². The molecule has 0 aromatic carbocycles. The number of carbonyl (C=O) groups excluding carboxylic acids is 1. The van der Waals surface area contributed by atoms with Gasteiger partial charge in [0.2, 0.25) is 0 Å². The highest BCUT2D eigenvalue weighted by atomic mass is 16.1. The molecule has 1 heteroatoms. The normalized spacial score (nSPS) is 10.2. The van der Waals surface area contributed by atoms with Gasteiger partial charge in [-0.05, 0) is 18.4 Å². The van der Waals surface area contributed by atoms with E-state index in [1.807, 2.05) is 13.0 Å². The Morgan fingerprint density at radius 1 is 1.33 bits per heavy atom. The lowest BCUT2D eigenvalue weighted by molar-refractivity contribution is -0.105. The van der Waals surface area contributed by atoms with Crippen LogP contribution in [0.15, 0.2) is 11.6 Å². The van der Waals surface area contributed by atoms with E-state index in [1.165, 1.54) is 12.8 Å². The van der Waals surface area contributed by atoms with Crippen molar-refractivity contribution in [2.75, 3.05) is 0 Å². The summed E-state index contributed by atoms with van der Waals surface area (Å²) in [6.07, 6.45) is 7.31. The van der Waals surface area contributed by atoms with Gasteiger partial charge in [-0.15, -0.1) is 0 Å². The van der Waals surface area contributed by atoms with Crippen LogP contribution in [0.2, 0.25) is 0 Å². The highest BCUT2D eigenvalue weighted by molar-refractivity contribution is 5.72. The predicted octanol–water partition coefficient (Wildman–Crippen LogP) is 3.55. The first kappa shape index (κ1) is 14.0. The summed E-state index contributed by atoms with van der Waals surface area (Å²) in [6, 6.07) is 0. The Kier molecular flexibility index (Phi) is 15.2. The first-order valence-electron chi connectivity index (χ1n) is 4.70. The van der Waals surface area contributed by atoms with Crippen LogP contribution in [0.1, 0.15) is 46.5 Å².